The molecule has 1 fully saturated rings. The van der Waals surface area contributed by atoms with E-state index in [-0.39, 0.29) is 5.41 Å². The molecule has 0 aliphatic heterocycles. The Morgan fingerprint density at radius 3 is 2.67 bits per heavy atom. The van der Waals surface area contributed by atoms with Crippen molar-refractivity contribution < 1.29 is 4.74 Å². The summed E-state index contributed by atoms with van der Waals surface area (Å²) in [6, 6.07) is 8.67. The summed E-state index contributed by atoms with van der Waals surface area (Å²) in [6.45, 7) is 7.13. The number of nitrogens with zero attached hydrogens (tertiary/aromatic N) is 1. The first-order valence-corrected chi connectivity index (χ1v) is 6.67. The highest BCUT2D eigenvalue weighted by Gasteiger charge is 2.43. The molecule has 0 spiro atoms. The average molecular weight is 243 g/mol. The van der Waals surface area contributed by atoms with Gasteiger partial charge in [-0.2, -0.15) is 5.26 Å². The second-order valence-corrected chi connectivity index (χ2v) is 5.82. The highest BCUT2D eigenvalue weighted by molar-refractivity contribution is 5.39. The van der Waals surface area contributed by atoms with Crippen LogP contribution in [0.15, 0.2) is 18.2 Å². The van der Waals surface area contributed by atoms with Gasteiger partial charge in [0.25, 0.3) is 0 Å². The van der Waals surface area contributed by atoms with Gasteiger partial charge >= 0.3 is 0 Å². The molecule has 0 N–H and O–H groups in total. The minimum Gasteiger partial charge on any atom is -0.493 e. The fourth-order valence-corrected chi connectivity index (χ4v) is 2.19. The standard InChI is InChI=1S/C16H21NO/c1-12(2)14-5-4-13(3)10-15(14)18-11-16(6-7-16)8-9-17/h4-5,10,12H,6-8,11H2,1-3H3. The van der Waals surface area contributed by atoms with Crippen LogP contribution in [-0.2, 0) is 0 Å². The predicted octanol–water partition coefficient (Wildman–Crippen LogP) is 4.19. The molecule has 2 nitrogen and oxygen atoms in total. The molecule has 0 radical (unpaired) electrons. The Labute approximate surface area is 110 Å². The molecule has 1 saturated carbocycles. The van der Waals surface area contributed by atoms with E-state index >= 15 is 0 Å². The lowest BCUT2D eigenvalue weighted by atomic mass is 10.00. The highest BCUT2D eigenvalue weighted by Crippen LogP contribution is 2.49. The molecule has 1 aliphatic rings. The molecule has 0 saturated heterocycles. The second kappa shape index (κ2) is 5.02. The van der Waals surface area contributed by atoms with Crippen LogP contribution in [0, 0.1) is 23.7 Å². The van der Waals surface area contributed by atoms with E-state index in [4.69, 9.17) is 10.00 Å². The summed E-state index contributed by atoms with van der Waals surface area (Å²) in [6.07, 6.45) is 2.88. The SMILES string of the molecule is Cc1ccc(C(C)C)c(OCC2(CC#N)CC2)c1. The summed E-state index contributed by atoms with van der Waals surface area (Å²) in [4.78, 5) is 0. The first-order valence-electron chi connectivity index (χ1n) is 6.67. The molecule has 0 unspecified atom stereocenters. The first-order chi connectivity index (χ1) is 8.56. The lowest BCUT2D eigenvalue weighted by Gasteiger charge is -2.18. The number of hydrogen-bond donors (Lipinski definition) is 0. The monoisotopic (exact) mass is 243 g/mol. The Morgan fingerprint density at radius 2 is 2.11 bits per heavy atom. The minimum absolute atomic E-state index is 0.146. The van der Waals surface area contributed by atoms with Crippen LogP contribution < -0.4 is 4.74 Å². The molecule has 0 amide bonds. The molecule has 1 aromatic carbocycles. The molecule has 0 atom stereocenters. The number of ether oxygens (including phenoxy) is 1. The molecular weight excluding hydrogens is 222 g/mol. The van der Waals surface area contributed by atoms with Crippen molar-refractivity contribution in [3.05, 3.63) is 29.3 Å². The van der Waals surface area contributed by atoms with Crippen LogP contribution >= 0.6 is 0 Å². The van der Waals surface area contributed by atoms with Gasteiger partial charge in [0.2, 0.25) is 0 Å². The van der Waals surface area contributed by atoms with Crippen molar-refractivity contribution in [2.75, 3.05) is 6.61 Å². The number of hydrogen-bond acceptors (Lipinski definition) is 2. The molecule has 2 heteroatoms. The van der Waals surface area contributed by atoms with Gasteiger partial charge in [0.05, 0.1) is 12.7 Å². The van der Waals surface area contributed by atoms with E-state index in [1.807, 2.05) is 0 Å². The molecule has 0 aromatic heterocycles. The van der Waals surface area contributed by atoms with Gasteiger partial charge in [-0.05, 0) is 42.9 Å². The van der Waals surface area contributed by atoms with Crippen LogP contribution in [0.5, 0.6) is 5.75 Å². The van der Waals surface area contributed by atoms with Crippen molar-refractivity contribution in [2.45, 2.75) is 46.0 Å². The Balaban J connectivity index is 2.09. The average Bonchev–Trinajstić information content (AvgIpc) is 3.07. The molecule has 1 aliphatic carbocycles. The van der Waals surface area contributed by atoms with E-state index in [9.17, 15) is 0 Å². The van der Waals surface area contributed by atoms with Gasteiger partial charge in [0.15, 0.2) is 0 Å². The van der Waals surface area contributed by atoms with Gasteiger partial charge in [-0.3, -0.25) is 0 Å². The maximum atomic E-state index is 8.82. The van der Waals surface area contributed by atoms with Crippen LogP contribution in [0.1, 0.15) is 50.2 Å². The zero-order valence-electron chi connectivity index (χ0n) is 11.5. The number of nitriles is 1. The molecule has 2 rings (SSSR count). The van der Waals surface area contributed by atoms with Crippen molar-refractivity contribution >= 4 is 0 Å². The molecule has 18 heavy (non-hydrogen) atoms. The Bertz CT molecular complexity index is 466. The van der Waals surface area contributed by atoms with Crippen LogP contribution in [0.3, 0.4) is 0 Å². The van der Waals surface area contributed by atoms with Crippen LogP contribution in [0.25, 0.3) is 0 Å². The summed E-state index contributed by atoms with van der Waals surface area (Å²) in [5.74, 6) is 1.46. The second-order valence-electron chi connectivity index (χ2n) is 5.82. The molecular formula is C16H21NO. The van der Waals surface area contributed by atoms with E-state index in [0.29, 0.717) is 18.9 Å². The number of aryl methyl sites for hydroxylation is 1. The fourth-order valence-electron chi connectivity index (χ4n) is 2.19. The Hall–Kier alpha value is -1.49. The molecule has 0 bridgehead atoms. The zero-order chi connectivity index (χ0) is 13.2. The predicted molar refractivity (Wildman–Crippen MR) is 72.7 cm³/mol. The number of benzene rings is 1. The normalized spacial score (nSPS) is 16.4. The Morgan fingerprint density at radius 1 is 1.39 bits per heavy atom. The van der Waals surface area contributed by atoms with Crippen molar-refractivity contribution in [1.29, 1.82) is 5.26 Å². The van der Waals surface area contributed by atoms with Gasteiger partial charge in [-0.15, -0.1) is 0 Å². The summed E-state index contributed by atoms with van der Waals surface area (Å²) in [7, 11) is 0. The summed E-state index contributed by atoms with van der Waals surface area (Å²) in [5, 5.41) is 8.82. The fraction of sp³-hybridized carbons (Fsp3) is 0.562. The smallest absolute Gasteiger partial charge is 0.123 e. The number of rotatable bonds is 5. The topological polar surface area (TPSA) is 33.0 Å². The van der Waals surface area contributed by atoms with E-state index in [1.54, 1.807) is 0 Å². The quantitative estimate of drug-likeness (QED) is 0.776. The third-order valence-corrected chi connectivity index (χ3v) is 3.74. The Kier molecular flexibility index (Phi) is 3.61. The minimum atomic E-state index is 0.146. The van der Waals surface area contributed by atoms with Crippen molar-refractivity contribution in [3.8, 4) is 11.8 Å². The molecule has 0 heterocycles. The van der Waals surface area contributed by atoms with E-state index in [0.717, 1.165) is 18.6 Å². The van der Waals surface area contributed by atoms with Gasteiger partial charge < -0.3 is 4.74 Å². The highest BCUT2D eigenvalue weighted by atomic mass is 16.5. The lowest BCUT2D eigenvalue weighted by molar-refractivity contribution is 0.234. The summed E-state index contributed by atoms with van der Waals surface area (Å²) >= 11 is 0. The van der Waals surface area contributed by atoms with E-state index in [1.165, 1.54) is 11.1 Å². The van der Waals surface area contributed by atoms with E-state index < -0.39 is 0 Å². The first kappa shape index (κ1) is 13.0. The zero-order valence-corrected chi connectivity index (χ0v) is 11.5. The summed E-state index contributed by atoms with van der Waals surface area (Å²) in [5.41, 5.74) is 2.63. The van der Waals surface area contributed by atoms with Crippen molar-refractivity contribution in [1.82, 2.24) is 0 Å². The van der Waals surface area contributed by atoms with Gasteiger partial charge in [-0.25, -0.2) is 0 Å². The van der Waals surface area contributed by atoms with Crippen LogP contribution in [-0.4, -0.2) is 6.61 Å². The van der Waals surface area contributed by atoms with Gasteiger partial charge in [0, 0.05) is 11.8 Å². The van der Waals surface area contributed by atoms with E-state index in [2.05, 4.69) is 45.0 Å². The van der Waals surface area contributed by atoms with Gasteiger partial charge in [-0.1, -0.05) is 26.0 Å². The largest absolute Gasteiger partial charge is 0.493 e. The van der Waals surface area contributed by atoms with Crippen LogP contribution in [0.2, 0.25) is 0 Å². The van der Waals surface area contributed by atoms with Gasteiger partial charge in [0.1, 0.15) is 5.75 Å². The van der Waals surface area contributed by atoms with Crippen molar-refractivity contribution in [3.63, 3.8) is 0 Å². The third kappa shape index (κ3) is 2.85. The van der Waals surface area contributed by atoms with Crippen LogP contribution in [0.4, 0.5) is 0 Å². The third-order valence-electron chi connectivity index (χ3n) is 3.74. The maximum absolute atomic E-state index is 8.82. The summed E-state index contributed by atoms with van der Waals surface area (Å²) < 4.78 is 6.01. The molecule has 1 aromatic rings. The molecule has 96 valence electrons. The maximum Gasteiger partial charge on any atom is 0.123 e. The lowest BCUT2D eigenvalue weighted by Crippen LogP contribution is -2.13. The van der Waals surface area contributed by atoms with Crippen molar-refractivity contribution in [2.24, 2.45) is 5.41 Å².